The molecule has 7 nitrogen and oxygen atoms in total. The first-order valence-corrected chi connectivity index (χ1v) is 14.5. The number of allylic oxidation sites excluding steroid dienone is 1. The fourth-order valence-corrected chi connectivity index (χ4v) is 8.97. The van der Waals surface area contributed by atoms with Crippen LogP contribution in [-0.2, 0) is 26.1 Å². The molecule has 1 aromatic carbocycles. The maximum absolute atomic E-state index is 14.8. The van der Waals surface area contributed by atoms with Crippen molar-refractivity contribution in [1.82, 2.24) is 4.57 Å². The van der Waals surface area contributed by atoms with Crippen LogP contribution in [0.5, 0.6) is 0 Å². The maximum atomic E-state index is 14.8. The first-order valence-electron chi connectivity index (χ1n) is 14.5. The second-order valence-electron chi connectivity index (χ2n) is 13.9. The molecule has 212 valence electrons. The summed E-state index contributed by atoms with van der Waals surface area (Å²) in [5.74, 6) is -1.48. The van der Waals surface area contributed by atoms with Gasteiger partial charge in [0.1, 0.15) is 6.10 Å². The molecule has 40 heavy (non-hydrogen) atoms. The lowest BCUT2D eigenvalue weighted by Crippen LogP contribution is -2.68. The van der Waals surface area contributed by atoms with Crippen LogP contribution in [-0.4, -0.2) is 51.6 Å². The number of hydrogen-bond acceptors (Lipinski definition) is 6. The highest BCUT2D eigenvalue weighted by Gasteiger charge is 2.77. The van der Waals surface area contributed by atoms with Gasteiger partial charge in [0, 0.05) is 30.1 Å². The van der Waals surface area contributed by atoms with Gasteiger partial charge in [0.05, 0.1) is 17.6 Å². The van der Waals surface area contributed by atoms with Gasteiger partial charge in [-0.05, 0) is 67.6 Å². The summed E-state index contributed by atoms with van der Waals surface area (Å²) in [5, 5.41) is 14.0. The summed E-state index contributed by atoms with van der Waals surface area (Å²) >= 11 is 0. The van der Waals surface area contributed by atoms with Gasteiger partial charge < -0.3 is 23.9 Å². The number of aliphatic hydroxyl groups is 1. The van der Waals surface area contributed by atoms with Crippen LogP contribution >= 0.6 is 0 Å². The van der Waals surface area contributed by atoms with E-state index in [1.807, 2.05) is 68.8 Å². The van der Waals surface area contributed by atoms with Crippen LogP contribution in [0.1, 0.15) is 58.3 Å². The van der Waals surface area contributed by atoms with Gasteiger partial charge in [-0.3, -0.25) is 4.79 Å². The van der Waals surface area contributed by atoms with Crippen molar-refractivity contribution < 1.29 is 28.9 Å². The normalized spacial score (nSPS) is 40.6. The highest BCUT2D eigenvalue weighted by atomic mass is 16.7. The average Bonchev–Trinajstić information content (AvgIpc) is 3.19. The van der Waals surface area contributed by atoms with E-state index in [4.69, 9.17) is 14.2 Å². The molecule has 1 spiro atoms. The number of Topliss-reactive ketones (excluding diaryl/α,β-unsaturated/α-hetero) is 1. The number of carbonyl (C=O) groups is 2. The SMILES string of the molecule is CC1=CC23C(=O)[C@@H](C=C4COC(C)(C)O[C@H]4[C@]2(O)[C@H]1OC(=O)c1cn(C)c2ccccc12)[C@H]1[C@@H](CC3C)C1(C)C. The average molecular weight is 546 g/mol. The van der Waals surface area contributed by atoms with Crippen molar-refractivity contribution >= 4 is 22.7 Å². The van der Waals surface area contributed by atoms with Crippen molar-refractivity contribution in [3.05, 3.63) is 59.3 Å². The zero-order chi connectivity index (χ0) is 28.6. The Labute approximate surface area is 235 Å². The molecule has 3 fully saturated rings. The molecule has 1 aliphatic heterocycles. The van der Waals surface area contributed by atoms with E-state index < -0.39 is 35.0 Å². The summed E-state index contributed by atoms with van der Waals surface area (Å²) < 4.78 is 20.8. The number of fused-ring (bicyclic) bond motifs is 6. The number of benzene rings is 1. The Morgan fingerprint density at radius 2 is 1.90 bits per heavy atom. The van der Waals surface area contributed by atoms with Crippen molar-refractivity contribution in [2.75, 3.05) is 6.61 Å². The number of ketones is 1. The molecule has 4 aliphatic carbocycles. The molecular formula is C33H39NO6. The van der Waals surface area contributed by atoms with E-state index in [1.54, 1.807) is 6.20 Å². The minimum absolute atomic E-state index is 0.00643. The van der Waals surface area contributed by atoms with E-state index in [0.29, 0.717) is 17.1 Å². The van der Waals surface area contributed by atoms with Gasteiger partial charge in [0.15, 0.2) is 23.3 Å². The molecule has 7 rings (SSSR count). The molecule has 2 bridgehead atoms. The van der Waals surface area contributed by atoms with Crippen LogP contribution in [0.4, 0.5) is 0 Å². The summed E-state index contributed by atoms with van der Waals surface area (Å²) in [6.45, 7) is 12.3. The van der Waals surface area contributed by atoms with Gasteiger partial charge >= 0.3 is 5.97 Å². The lowest BCUT2D eigenvalue weighted by molar-refractivity contribution is -0.302. The van der Waals surface area contributed by atoms with Gasteiger partial charge in [-0.25, -0.2) is 4.79 Å². The van der Waals surface area contributed by atoms with Crippen molar-refractivity contribution in [3.63, 3.8) is 0 Å². The Bertz CT molecular complexity index is 1530. The quantitative estimate of drug-likeness (QED) is 0.424. The fourth-order valence-electron chi connectivity index (χ4n) is 8.97. The van der Waals surface area contributed by atoms with Crippen LogP contribution in [0, 0.1) is 34.5 Å². The smallest absolute Gasteiger partial charge is 0.341 e. The first kappa shape index (κ1) is 26.2. The summed E-state index contributed by atoms with van der Waals surface area (Å²) in [5.41, 5.74) is -0.269. The molecular weight excluding hydrogens is 506 g/mol. The van der Waals surface area contributed by atoms with Gasteiger partial charge in [0.2, 0.25) is 0 Å². The van der Waals surface area contributed by atoms with Crippen LogP contribution < -0.4 is 0 Å². The lowest BCUT2D eigenvalue weighted by atomic mass is 9.59. The van der Waals surface area contributed by atoms with Crippen LogP contribution in [0.15, 0.2) is 53.8 Å². The highest BCUT2D eigenvalue weighted by molar-refractivity contribution is 6.04. The van der Waals surface area contributed by atoms with E-state index in [9.17, 15) is 14.7 Å². The number of nitrogens with zero attached hydrogens (tertiary/aromatic N) is 1. The van der Waals surface area contributed by atoms with E-state index in [0.717, 1.165) is 22.9 Å². The van der Waals surface area contributed by atoms with Crippen LogP contribution in [0.25, 0.3) is 10.9 Å². The van der Waals surface area contributed by atoms with E-state index >= 15 is 0 Å². The second-order valence-corrected chi connectivity index (χ2v) is 13.9. The Hall–Kier alpha value is -2.74. The van der Waals surface area contributed by atoms with Gasteiger partial charge in [-0.1, -0.05) is 51.1 Å². The third kappa shape index (κ3) is 3.12. The van der Waals surface area contributed by atoms with Crippen molar-refractivity contribution in [2.45, 2.75) is 71.6 Å². The van der Waals surface area contributed by atoms with Crippen molar-refractivity contribution in [3.8, 4) is 0 Å². The number of hydrogen-bond donors (Lipinski definition) is 1. The van der Waals surface area contributed by atoms with E-state index in [1.165, 1.54) is 0 Å². The lowest BCUT2D eigenvalue weighted by Gasteiger charge is -2.52. The molecule has 0 amide bonds. The number of ether oxygens (including phenoxy) is 3. The Morgan fingerprint density at radius 3 is 2.65 bits per heavy atom. The second kappa shape index (κ2) is 7.96. The molecule has 7 heteroatoms. The Balaban J connectivity index is 1.38. The monoisotopic (exact) mass is 545 g/mol. The third-order valence-electron chi connectivity index (χ3n) is 11.0. The predicted octanol–water partition coefficient (Wildman–Crippen LogP) is 4.97. The minimum atomic E-state index is -1.82. The molecule has 1 saturated heterocycles. The zero-order valence-electron chi connectivity index (χ0n) is 24.4. The zero-order valence-corrected chi connectivity index (χ0v) is 24.4. The predicted molar refractivity (Wildman–Crippen MR) is 149 cm³/mol. The van der Waals surface area contributed by atoms with Crippen molar-refractivity contribution in [2.24, 2.45) is 41.5 Å². The molecule has 2 aromatic rings. The highest BCUT2D eigenvalue weighted by Crippen LogP contribution is 2.72. The number of aromatic nitrogens is 1. The Kier molecular flexibility index (Phi) is 5.21. The summed E-state index contributed by atoms with van der Waals surface area (Å²) in [4.78, 5) is 28.7. The van der Waals surface area contributed by atoms with Gasteiger partial charge in [-0.15, -0.1) is 0 Å². The molecule has 1 aromatic heterocycles. The standard InChI is InChI=1S/C33H39NO6/c1-17-14-32-18(2)12-23-25(30(23,3)4)21(26(32)35)13-19-16-38-31(5,6)40-28(19)33(32,37)27(17)39-29(36)22-15-34(7)24-11-9-8-10-20(22)24/h8-11,13-15,18,21,23,25,27-28,37H,12,16H2,1-7H3/t18?,21-,23+,25-,27-,28+,32?,33+/m0/s1. The summed E-state index contributed by atoms with van der Waals surface area (Å²) in [7, 11) is 1.89. The molecule has 1 N–H and O–H groups in total. The van der Waals surface area contributed by atoms with E-state index in [-0.39, 0.29) is 35.6 Å². The molecule has 2 saturated carbocycles. The number of esters is 1. The van der Waals surface area contributed by atoms with Gasteiger partial charge in [0.25, 0.3) is 0 Å². The topological polar surface area (TPSA) is 87.0 Å². The van der Waals surface area contributed by atoms with Crippen molar-refractivity contribution in [1.29, 1.82) is 0 Å². The fraction of sp³-hybridized carbons (Fsp3) is 0.576. The number of aryl methyl sites for hydroxylation is 1. The number of carbonyl (C=O) groups excluding carboxylic acids is 2. The maximum Gasteiger partial charge on any atom is 0.341 e. The molecule has 2 unspecified atom stereocenters. The third-order valence-corrected chi connectivity index (χ3v) is 11.0. The molecule has 8 atom stereocenters. The van der Waals surface area contributed by atoms with Crippen LogP contribution in [0.3, 0.4) is 0 Å². The first-order chi connectivity index (χ1) is 18.7. The molecule has 5 aliphatic rings. The summed E-state index contributed by atoms with van der Waals surface area (Å²) in [6.07, 6.45) is 4.59. The largest absolute Gasteiger partial charge is 0.451 e. The minimum Gasteiger partial charge on any atom is -0.451 e. The number of rotatable bonds is 2. The van der Waals surface area contributed by atoms with E-state index in [2.05, 4.69) is 20.8 Å². The molecule has 2 heterocycles. The number of para-hydroxylation sites is 1. The van der Waals surface area contributed by atoms with Crippen LogP contribution in [0.2, 0.25) is 0 Å². The van der Waals surface area contributed by atoms with Gasteiger partial charge in [-0.2, -0.15) is 0 Å². The molecule has 0 radical (unpaired) electrons. The Morgan fingerprint density at radius 1 is 1.18 bits per heavy atom. The summed E-state index contributed by atoms with van der Waals surface area (Å²) in [6, 6.07) is 7.67.